The number of aromatic nitrogens is 3. The molecule has 0 aliphatic carbocycles. The Bertz CT molecular complexity index is 1300. The lowest BCUT2D eigenvalue weighted by Gasteiger charge is -2.27. The fourth-order valence-electron chi connectivity index (χ4n) is 4.44. The Morgan fingerprint density at radius 3 is 2.50 bits per heavy atom. The van der Waals surface area contributed by atoms with E-state index in [0.29, 0.717) is 22.0 Å². The number of carbonyl (C=O) groups is 2. The maximum absolute atomic E-state index is 14.7. The molecule has 1 saturated heterocycles. The van der Waals surface area contributed by atoms with Crippen molar-refractivity contribution in [3.8, 4) is 0 Å². The molecule has 1 aromatic heterocycles. The summed E-state index contributed by atoms with van der Waals surface area (Å²) in [5.41, 5.74) is 7.63. The number of benzene rings is 2. The highest BCUT2D eigenvalue weighted by molar-refractivity contribution is 5.89. The van der Waals surface area contributed by atoms with Crippen LogP contribution in [0.1, 0.15) is 47.8 Å². The minimum Gasteiger partial charge on any atom is -0.671 e. The zero-order valence-electron chi connectivity index (χ0n) is 20.1. The SMILES string of the molecule is CC([NH-])c1ccc([C@@H](NC(=O)[C@@H]2C[C@@H](F)CN2C(=O)Cn2nncc2C(F)(F)F)c2ccccc2)cc1F. The van der Waals surface area contributed by atoms with Crippen molar-refractivity contribution in [1.82, 2.24) is 25.2 Å². The average molecular weight is 535 g/mol. The lowest BCUT2D eigenvalue weighted by atomic mass is 9.95. The van der Waals surface area contributed by atoms with Crippen LogP contribution in [0.2, 0.25) is 0 Å². The first-order valence-corrected chi connectivity index (χ1v) is 11.7. The first-order valence-electron chi connectivity index (χ1n) is 11.7. The summed E-state index contributed by atoms with van der Waals surface area (Å²) in [6.07, 6.45) is -6.26. The van der Waals surface area contributed by atoms with Gasteiger partial charge in [-0.05, 0) is 22.8 Å². The molecule has 1 aliphatic rings. The number of carbonyl (C=O) groups excluding carboxylic acids is 2. The van der Waals surface area contributed by atoms with Gasteiger partial charge in [-0.15, -0.1) is 11.1 Å². The summed E-state index contributed by atoms with van der Waals surface area (Å²) in [4.78, 5) is 27.1. The second-order valence-electron chi connectivity index (χ2n) is 9.02. The number of alkyl halides is 4. The molecule has 3 aromatic rings. The van der Waals surface area contributed by atoms with Gasteiger partial charge >= 0.3 is 6.18 Å². The fraction of sp³-hybridized carbons (Fsp3) is 0.360. The van der Waals surface area contributed by atoms with Gasteiger partial charge in [0.05, 0.1) is 18.8 Å². The van der Waals surface area contributed by atoms with Gasteiger partial charge in [-0.3, -0.25) is 9.59 Å². The maximum atomic E-state index is 14.7. The van der Waals surface area contributed by atoms with Crippen LogP contribution in [0.4, 0.5) is 22.0 Å². The van der Waals surface area contributed by atoms with E-state index in [4.69, 9.17) is 5.73 Å². The van der Waals surface area contributed by atoms with Crippen molar-refractivity contribution in [2.24, 2.45) is 0 Å². The van der Waals surface area contributed by atoms with E-state index in [1.54, 1.807) is 36.4 Å². The Morgan fingerprint density at radius 1 is 1.16 bits per heavy atom. The number of halogens is 5. The van der Waals surface area contributed by atoms with Gasteiger partial charge in [-0.1, -0.05) is 54.6 Å². The average Bonchev–Trinajstić information content (AvgIpc) is 3.49. The molecule has 8 nitrogen and oxygen atoms in total. The summed E-state index contributed by atoms with van der Waals surface area (Å²) in [6.45, 7) is 0.156. The molecule has 4 rings (SSSR count). The van der Waals surface area contributed by atoms with Crippen LogP contribution in [0.15, 0.2) is 54.7 Å². The van der Waals surface area contributed by atoms with Gasteiger partial charge in [0.1, 0.15) is 24.6 Å². The zero-order valence-corrected chi connectivity index (χ0v) is 20.1. The molecule has 2 N–H and O–H groups in total. The van der Waals surface area contributed by atoms with E-state index in [-0.39, 0.29) is 12.0 Å². The number of hydrogen-bond donors (Lipinski definition) is 1. The van der Waals surface area contributed by atoms with Crippen LogP contribution < -0.4 is 5.32 Å². The minimum atomic E-state index is -4.81. The highest BCUT2D eigenvalue weighted by Gasteiger charge is 2.42. The zero-order chi connectivity index (χ0) is 27.6. The molecule has 0 saturated carbocycles. The van der Waals surface area contributed by atoms with Crippen LogP contribution in [0, 0.1) is 5.82 Å². The van der Waals surface area contributed by atoms with Crippen molar-refractivity contribution in [3.63, 3.8) is 0 Å². The molecule has 0 spiro atoms. The normalized spacial score (nSPS) is 19.3. The summed E-state index contributed by atoms with van der Waals surface area (Å²) < 4.78 is 68.9. The van der Waals surface area contributed by atoms with Crippen molar-refractivity contribution in [2.75, 3.05) is 6.54 Å². The van der Waals surface area contributed by atoms with Crippen LogP contribution in [0.25, 0.3) is 5.73 Å². The molecule has 1 aliphatic heterocycles. The van der Waals surface area contributed by atoms with Gasteiger partial charge in [0, 0.05) is 6.42 Å². The molecule has 1 unspecified atom stereocenters. The van der Waals surface area contributed by atoms with Crippen molar-refractivity contribution in [3.05, 3.63) is 88.7 Å². The van der Waals surface area contributed by atoms with E-state index in [1.807, 2.05) is 0 Å². The largest absolute Gasteiger partial charge is 0.671 e. The van der Waals surface area contributed by atoms with Crippen LogP contribution in [-0.4, -0.2) is 50.5 Å². The van der Waals surface area contributed by atoms with Gasteiger partial charge in [0.25, 0.3) is 0 Å². The predicted molar refractivity (Wildman–Crippen MR) is 126 cm³/mol. The van der Waals surface area contributed by atoms with Gasteiger partial charge < -0.3 is 16.0 Å². The lowest BCUT2D eigenvalue weighted by molar-refractivity contribution is -0.147. The van der Waals surface area contributed by atoms with Crippen molar-refractivity contribution < 1.29 is 31.5 Å². The first-order chi connectivity index (χ1) is 18.0. The third-order valence-corrected chi connectivity index (χ3v) is 6.31. The van der Waals surface area contributed by atoms with Crippen LogP contribution in [0.5, 0.6) is 0 Å². The summed E-state index contributed by atoms with van der Waals surface area (Å²) in [7, 11) is 0. The number of likely N-dealkylation sites (tertiary alicyclic amines) is 1. The Kier molecular flexibility index (Phi) is 7.76. The number of amides is 2. The predicted octanol–water partition coefficient (Wildman–Crippen LogP) is 4.39. The van der Waals surface area contributed by atoms with Gasteiger partial charge in [-0.2, -0.15) is 13.2 Å². The molecular formula is C25H24F5N6O2-. The first kappa shape index (κ1) is 27.2. The molecule has 13 heteroatoms. The number of nitrogens with one attached hydrogen (secondary N) is 2. The molecule has 1 fully saturated rings. The summed E-state index contributed by atoms with van der Waals surface area (Å²) in [5, 5.41) is 9.23. The van der Waals surface area contributed by atoms with E-state index < -0.39 is 66.9 Å². The van der Waals surface area contributed by atoms with Crippen molar-refractivity contribution >= 4 is 11.8 Å². The summed E-state index contributed by atoms with van der Waals surface area (Å²) >= 11 is 0. The van der Waals surface area contributed by atoms with Crippen LogP contribution in [0.3, 0.4) is 0 Å². The van der Waals surface area contributed by atoms with Gasteiger partial charge in [-0.25, -0.2) is 13.5 Å². The molecule has 2 aromatic carbocycles. The molecule has 202 valence electrons. The minimum absolute atomic E-state index is 0.172. The monoisotopic (exact) mass is 535 g/mol. The number of rotatable bonds is 7. The maximum Gasteiger partial charge on any atom is 0.434 e. The molecular weight excluding hydrogens is 511 g/mol. The number of hydrogen-bond acceptors (Lipinski definition) is 4. The standard InChI is InChI=1S/C25H24F5N6O2/c1-14(31)18-8-7-16(9-19(18)27)23(15-5-3-2-4-6-15)33-24(38)20-10-17(26)12-35(20)22(37)13-36-21(11-32-34-36)25(28,29)30/h2-9,11,14,17,20,23,31H,10,12-13H2,1H3,(H,33,38)/q-1/t14?,17-,20+,23+/m1/s1. The van der Waals surface area contributed by atoms with Crippen molar-refractivity contribution in [1.29, 1.82) is 0 Å². The van der Waals surface area contributed by atoms with Gasteiger partial charge in [0.2, 0.25) is 11.8 Å². The smallest absolute Gasteiger partial charge is 0.434 e. The molecule has 2 heterocycles. The van der Waals surface area contributed by atoms with E-state index in [9.17, 15) is 31.5 Å². The Hall–Kier alpha value is -3.87. The van der Waals surface area contributed by atoms with Crippen LogP contribution in [-0.2, 0) is 22.3 Å². The van der Waals surface area contributed by atoms with E-state index in [0.717, 1.165) is 4.90 Å². The highest BCUT2D eigenvalue weighted by Crippen LogP contribution is 2.30. The molecule has 0 radical (unpaired) electrons. The van der Waals surface area contributed by atoms with E-state index in [1.165, 1.54) is 19.1 Å². The Morgan fingerprint density at radius 2 is 1.87 bits per heavy atom. The molecule has 4 atom stereocenters. The number of nitrogens with zero attached hydrogens (tertiary/aromatic N) is 4. The third-order valence-electron chi connectivity index (χ3n) is 6.31. The summed E-state index contributed by atoms with van der Waals surface area (Å²) in [5.74, 6) is -2.31. The van der Waals surface area contributed by atoms with Gasteiger partial charge in [0.15, 0.2) is 5.69 Å². The van der Waals surface area contributed by atoms with E-state index in [2.05, 4.69) is 15.6 Å². The second kappa shape index (κ2) is 10.9. The van der Waals surface area contributed by atoms with E-state index >= 15 is 0 Å². The highest BCUT2D eigenvalue weighted by atomic mass is 19.4. The third kappa shape index (κ3) is 5.82. The molecule has 0 bridgehead atoms. The fourth-order valence-corrected chi connectivity index (χ4v) is 4.44. The second-order valence-corrected chi connectivity index (χ2v) is 9.02. The summed E-state index contributed by atoms with van der Waals surface area (Å²) in [6, 6.07) is 9.80. The Balaban J connectivity index is 1.58. The molecule has 2 amide bonds. The quantitative estimate of drug-likeness (QED) is 0.453. The van der Waals surface area contributed by atoms with Crippen molar-refractivity contribution in [2.45, 2.75) is 50.4 Å². The lowest BCUT2D eigenvalue weighted by Crippen LogP contribution is -2.48. The van der Waals surface area contributed by atoms with Crippen LogP contribution >= 0.6 is 0 Å². The Labute approximate surface area is 214 Å². The molecule has 38 heavy (non-hydrogen) atoms. The topological polar surface area (TPSA) is 104 Å².